The fraction of sp³-hybridized carbons (Fsp3) is 0.675. The van der Waals surface area contributed by atoms with Crippen LogP contribution < -0.4 is 21.1 Å². The molecule has 2 heterocycles. The van der Waals surface area contributed by atoms with Gasteiger partial charge in [-0.15, -0.1) is 16.6 Å². The quantitative estimate of drug-likeness (QED) is 0.0576. The van der Waals surface area contributed by atoms with Crippen LogP contribution >= 0.6 is 0 Å². The Labute approximate surface area is 299 Å². The maximum Gasteiger partial charge on any atom is 0.208 e. The van der Waals surface area contributed by atoms with Crippen molar-refractivity contribution in [2.75, 3.05) is 39.9 Å². The predicted octanol–water partition coefficient (Wildman–Crippen LogP) is 4.02. The van der Waals surface area contributed by atoms with Crippen molar-refractivity contribution in [2.45, 2.75) is 115 Å². The van der Waals surface area contributed by atoms with Gasteiger partial charge in [0.1, 0.15) is 30.4 Å². The van der Waals surface area contributed by atoms with Gasteiger partial charge in [0.25, 0.3) is 0 Å². The highest BCUT2D eigenvalue weighted by atomic mass is 16.5. The molecule has 0 bridgehead atoms. The number of likely N-dealkylation sites (N-methyl/N-ethyl adjacent to an activating group) is 1. The summed E-state index contributed by atoms with van der Waals surface area (Å²) in [5.41, 5.74) is 9.28. The minimum absolute atomic E-state index is 0.0208. The number of nitrogens with zero attached hydrogens (tertiary/aromatic N) is 1. The van der Waals surface area contributed by atoms with Crippen molar-refractivity contribution in [3.05, 3.63) is 59.2 Å². The SMILES string of the molecule is CNC[C@H](NC[C@H](C)O)[C@@H]1[C+]2C=C([C@@H](O)COc3cc(CC[C-]4C=C(CO)C(CCCCCCCN)[OH+]4)ccc3O)N=C2CC[C@H]2CCC[C@@H]21. The van der Waals surface area contributed by atoms with Crippen LogP contribution in [-0.2, 0) is 6.42 Å². The predicted molar refractivity (Wildman–Crippen MR) is 199 cm³/mol. The number of unbranched alkanes of at least 4 members (excludes halogenated alkanes) is 4. The molecule has 0 spiro atoms. The fourth-order valence-electron chi connectivity index (χ4n) is 8.52. The zero-order valence-electron chi connectivity index (χ0n) is 30.3. The maximum absolute atomic E-state index is 11.3. The van der Waals surface area contributed by atoms with Crippen LogP contribution in [0.3, 0.4) is 0 Å². The highest BCUT2D eigenvalue weighted by Gasteiger charge is 2.52. The van der Waals surface area contributed by atoms with E-state index in [4.69, 9.17) is 20.2 Å². The minimum Gasteiger partial charge on any atom is -0.504 e. The molecule has 10 heteroatoms. The number of aliphatic hydroxyl groups excluding tert-OH is 3. The Kier molecular flexibility index (Phi) is 14.9. The summed E-state index contributed by atoms with van der Waals surface area (Å²) in [6.07, 6.45) is 17.6. The number of aliphatic hydroxyl groups is 5. The summed E-state index contributed by atoms with van der Waals surface area (Å²) >= 11 is 0. The highest BCUT2D eigenvalue weighted by molar-refractivity contribution is 6.03. The molecular formula is C40H63N4O6+. The third-order valence-electron chi connectivity index (χ3n) is 11.1. The van der Waals surface area contributed by atoms with Gasteiger partial charge in [-0.2, -0.15) is 0 Å². The Balaban J connectivity index is 1.17. The number of phenols is 1. The molecule has 1 aromatic rings. The normalized spacial score (nSPS) is 25.0. The Morgan fingerprint density at radius 3 is 2.72 bits per heavy atom. The van der Waals surface area contributed by atoms with Crippen molar-refractivity contribution >= 4 is 5.71 Å². The molecule has 2 fully saturated rings. The van der Waals surface area contributed by atoms with Gasteiger partial charge in [-0.25, -0.2) is 0 Å². The molecule has 4 aliphatic rings. The second-order valence-corrected chi connectivity index (χ2v) is 14.9. The second-order valence-electron chi connectivity index (χ2n) is 14.9. The summed E-state index contributed by atoms with van der Waals surface area (Å²) < 4.78 is 11.0. The smallest absolute Gasteiger partial charge is 0.208 e. The minimum atomic E-state index is -0.939. The molecule has 9 N–H and O–H groups in total. The van der Waals surface area contributed by atoms with Crippen molar-refractivity contribution in [3.63, 3.8) is 0 Å². The van der Waals surface area contributed by atoms with Gasteiger partial charge in [-0.3, -0.25) is 0 Å². The lowest BCUT2D eigenvalue weighted by molar-refractivity contribution is -0.0552. The number of benzene rings is 1. The van der Waals surface area contributed by atoms with Gasteiger partial charge < -0.3 is 46.3 Å². The van der Waals surface area contributed by atoms with E-state index in [0.29, 0.717) is 29.8 Å². The maximum atomic E-state index is 11.3. The average Bonchev–Trinajstić information content (AvgIpc) is 3.84. The lowest BCUT2D eigenvalue weighted by Gasteiger charge is -2.33. The zero-order chi connectivity index (χ0) is 35.5. The van der Waals surface area contributed by atoms with Crippen molar-refractivity contribution in [3.8, 4) is 11.5 Å². The van der Waals surface area contributed by atoms with Crippen LogP contribution in [0.1, 0.15) is 89.5 Å². The number of nitrogens with two attached hydrogens (primary N) is 1. The van der Waals surface area contributed by atoms with Crippen LogP contribution in [0.25, 0.3) is 0 Å². The molecule has 0 radical (unpaired) electrons. The van der Waals surface area contributed by atoms with Crippen LogP contribution in [0.5, 0.6) is 11.5 Å². The topological polar surface area (TPSA) is 165 Å². The molecule has 2 aliphatic carbocycles. The first-order chi connectivity index (χ1) is 24.3. The van der Waals surface area contributed by atoms with Crippen molar-refractivity contribution < 1.29 is 29.9 Å². The number of hydrogen-bond acceptors (Lipinski definition) is 9. The van der Waals surface area contributed by atoms with Crippen molar-refractivity contribution in [2.24, 2.45) is 28.5 Å². The molecule has 278 valence electrons. The van der Waals surface area contributed by atoms with Gasteiger partial charge in [0, 0.05) is 38.6 Å². The average molecular weight is 696 g/mol. The molecule has 2 saturated carbocycles. The molecule has 10 nitrogen and oxygen atoms in total. The number of nitrogens with one attached hydrogen (secondary N) is 2. The molecule has 50 heavy (non-hydrogen) atoms. The number of aliphatic imine (C=N–C) groups is 1. The summed E-state index contributed by atoms with van der Waals surface area (Å²) in [5, 5.41) is 48.9. The molecule has 1 aromatic carbocycles. The number of hydrogen-bond donors (Lipinski definition) is 7. The third kappa shape index (κ3) is 10.3. The number of phenolic OH excluding ortho intramolecular Hbond substituents is 1. The molecule has 2 aliphatic heterocycles. The Hall–Kier alpha value is -2.57. The van der Waals surface area contributed by atoms with E-state index in [-0.39, 0.29) is 37.0 Å². The first-order valence-electron chi connectivity index (χ1n) is 19.2. The number of allylic oxidation sites excluding steroid dienone is 1. The lowest BCUT2D eigenvalue weighted by atomic mass is 9.72. The van der Waals surface area contributed by atoms with Gasteiger partial charge in [0.2, 0.25) is 5.70 Å². The fourth-order valence-corrected chi connectivity index (χ4v) is 8.52. The van der Waals surface area contributed by atoms with Gasteiger partial charge in [0.15, 0.2) is 17.6 Å². The van der Waals surface area contributed by atoms with Crippen LogP contribution in [0.15, 0.2) is 46.6 Å². The van der Waals surface area contributed by atoms with Crippen molar-refractivity contribution in [1.29, 1.82) is 0 Å². The van der Waals surface area contributed by atoms with Gasteiger partial charge in [-0.05, 0) is 88.6 Å². The summed E-state index contributed by atoms with van der Waals surface area (Å²) in [7, 11) is 1.97. The molecule has 5 rings (SSSR count). The van der Waals surface area contributed by atoms with E-state index in [0.717, 1.165) is 87.4 Å². The number of aromatic hydroxyl groups is 1. The number of ether oxygens (including phenoxy) is 2. The monoisotopic (exact) mass is 695 g/mol. The summed E-state index contributed by atoms with van der Waals surface area (Å²) in [6.45, 7) is 3.89. The van der Waals surface area contributed by atoms with E-state index in [9.17, 15) is 20.4 Å². The standard InChI is InChI=1S/C40H62N4O6/c1-26(46)22-43-35(23-42-2)40-31-10-8-9-28(31)14-16-33-32(40)21-34(44-33)37(48)25-49-39-19-27(13-17-36(39)47)12-15-30-20-29(24-45)38(50-30)11-6-4-3-5-7-18-41/h13,17,19-21,26,28,31,35,37-38,40,42-43,45-46,48,50H,3-12,14-16,18,22-25,41H2,1-2H3/p+1/t26-,28+,31-,35-,37-,38?,40-/m0/s1. The Bertz CT molecular complexity index is 1300. The molecule has 0 aromatic heterocycles. The number of fused-ring (bicyclic) bond motifs is 2. The van der Waals surface area contributed by atoms with Gasteiger partial charge in [-0.1, -0.05) is 38.2 Å². The van der Waals surface area contributed by atoms with Gasteiger partial charge >= 0.3 is 0 Å². The summed E-state index contributed by atoms with van der Waals surface area (Å²) in [4.78, 5) is 4.98. The summed E-state index contributed by atoms with van der Waals surface area (Å²) in [5.74, 6) is 3.05. The number of aryl methyl sites for hydroxylation is 1. The lowest BCUT2D eigenvalue weighted by Crippen LogP contribution is -2.50. The van der Waals surface area contributed by atoms with E-state index < -0.39 is 12.2 Å². The van der Waals surface area contributed by atoms with Crippen LogP contribution in [0.4, 0.5) is 0 Å². The Morgan fingerprint density at radius 2 is 1.94 bits per heavy atom. The first-order valence-corrected chi connectivity index (χ1v) is 19.2. The zero-order valence-corrected chi connectivity index (χ0v) is 30.3. The van der Waals surface area contributed by atoms with E-state index >= 15 is 0 Å². The van der Waals surface area contributed by atoms with Crippen LogP contribution in [-0.4, -0.2) is 95.1 Å². The third-order valence-corrected chi connectivity index (χ3v) is 11.1. The second kappa shape index (κ2) is 19.3. The molecule has 7 atom stereocenters. The highest BCUT2D eigenvalue weighted by Crippen LogP contribution is 2.49. The van der Waals surface area contributed by atoms with E-state index in [1.165, 1.54) is 38.0 Å². The molecule has 1 unspecified atom stereocenters. The van der Waals surface area contributed by atoms with E-state index in [1.807, 2.05) is 32.2 Å². The van der Waals surface area contributed by atoms with E-state index in [2.05, 4.69) is 16.7 Å². The molecule has 0 saturated heterocycles. The largest absolute Gasteiger partial charge is 0.504 e. The van der Waals surface area contributed by atoms with Crippen LogP contribution in [0.2, 0.25) is 0 Å². The van der Waals surface area contributed by atoms with Gasteiger partial charge in [0.05, 0.1) is 18.1 Å². The summed E-state index contributed by atoms with van der Waals surface area (Å²) in [6, 6.07) is 5.52. The van der Waals surface area contributed by atoms with E-state index in [1.54, 1.807) is 6.07 Å². The van der Waals surface area contributed by atoms with Crippen LogP contribution in [0, 0.1) is 29.8 Å². The molecule has 0 amide bonds. The first kappa shape index (κ1) is 38.7. The number of rotatable bonds is 21. The van der Waals surface area contributed by atoms with Crippen molar-refractivity contribution in [1.82, 2.24) is 10.6 Å². The molecular weight excluding hydrogens is 632 g/mol. The Morgan fingerprint density at radius 1 is 1.12 bits per heavy atom.